The zero-order chi connectivity index (χ0) is 16.3. The summed E-state index contributed by atoms with van der Waals surface area (Å²) in [4.78, 5) is 0.780. The highest BCUT2D eigenvalue weighted by molar-refractivity contribution is 7.80. The van der Waals surface area contributed by atoms with Gasteiger partial charge < -0.3 is 9.84 Å². The maximum atomic E-state index is 14.4. The summed E-state index contributed by atoms with van der Waals surface area (Å²) in [7, 11) is 0. The van der Waals surface area contributed by atoms with E-state index in [1.165, 1.54) is 6.07 Å². The molecule has 22 heavy (non-hydrogen) atoms. The minimum Gasteiger partial charge on any atom is -0.396 e. The number of halogens is 2. The molecule has 5 heteroatoms. The molecule has 1 fully saturated rings. The van der Waals surface area contributed by atoms with E-state index < -0.39 is 17.0 Å². The van der Waals surface area contributed by atoms with Gasteiger partial charge in [-0.05, 0) is 30.2 Å². The van der Waals surface area contributed by atoms with Gasteiger partial charge in [0.15, 0.2) is 11.6 Å². The molecule has 0 spiro atoms. The van der Waals surface area contributed by atoms with Gasteiger partial charge in [0.05, 0.1) is 12.7 Å². The molecule has 2 nitrogen and oxygen atoms in total. The third-order valence-corrected chi connectivity index (χ3v) is 5.14. The standard InChI is InChI=1S/C17H22F2O2S/c1-3-11(22)8-17(10-21-15(4-2)13(17)9-20)12-6-5-7-14(18)16(12)19/h5-7,13,15,20H,3-4,8-10H2,1-2H3/t13-,15-,17+/m1/s1. The van der Waals surface area contributed by atoms with Gasteiger partial charge in [-0.3, -0.25) is 0 Å². The Morgan fingerprint density at radius 2 is 2.14 bits per heavy atom. The minimum atomic E-state index is -0.879. The second-order valence-electron chi connectivity index (χ2n) is 5.87. The molecule has 1 saturated heterocycles. The molecule has 0 bridgehead atoms. The summed E-state index contributed by atoms with van der Waals surface area (Å²) >= 11 is 5.36. The molecule has 0 amide bonds. The maximum Gasteiger partial charge on any atom is 0.162 e. The largest absolute Gasteiger partial charge is 0.396 e. The van der Waals surface area contributed by atoms with E-state index >= 15 is 0 Å². The van der Waals surface area contributed by atoms with E-state index in [1.54, 1.807) is 6.07 Å². The molecule has 1 aromatic rings. The van der Waals surface area contributed by atoms with Crippen LogP contribution >= 0.6 is 12.2 Å². The van der Waals surface area contributed by atoms with Crippen LogP contribution in [0.25, 0.3) is 0 Å². The lowest BCUT2D eigenvalue weighted by Gasteiger charge is -2.35. The fraction of sp³-hybridized carbons (Fsp3) is 0.588. The van der Waals surface area contributed by atoms with Crippen LogP contribution in [-0.2, 0) is 10.2 Å². The third-order valence-electron chi connectivity index (χ3n) is 4.71. The Bertz CT molecular complexity index is 549. The zero-order valence-corrected chi connectivity index (χ0v) is 13.8. The lowest BCUT2D eigenvalue weighted by molar-refractivity contribution is 0.0693. The topological polar surface area (TPSA) is 29.5 Å². The SMILES string of the molecule is CCC(=S)C[C@@]1(c2cccc(F)c2F)CO[C@H](CC)[C@H]1CO. The van der Waals surface area contributed by atoms with E-state index in [2.05, 4.69) is 0 Å². The molecule has 0 radical (unpaired) electrons. The van der Waals surface area contributed by atoms with Gasteiger partial charge in [-0.1, -0.05) is 38.2 Å². The Balaban J connectivity index is 2.55. The van der Waals surface area contributed by atoms with E-state index in [0.717, 1.165) is 10.9 Å². The number of hydrogen-bond acceptors (Lipinski definition) is 3. The highest BCUT2D eigenvalue weighted by Gasteiger charge is 2.51. The van der Waals surface area contributed by atoms with Crippen LogP contribution in [0.5, 0.6) is 0 Å². The monoisotopic (exact) mass is 328 g/mol. The Morgan fingerprint density at radius 1 is 1.41 bits per heavy atom. The molecular formula is C17H22F2O2S. The van der Waals surface area contributed by atoms with Crippen molar-refractivity contribution in [3.05, 3.63) is 35.4 Å². The normalized spacial score (nSPS) is 28.0. The van der Waals surface area contributed by atoms with E-state index in [0.29, 0.717) is 19.3 Å². The summed E-state index contributed by atoms with van der Waals surface area (Å²) in [5.41, 5.74) is -0.535. The van der Waals surface area contributed by atoms with Crippen molar-refractivity contribution in [2.24, 2.45) is 5.92 Å². The molecule has 0 unspecified atom stereocenters. The van der Waals surface area contributed by atoms with Crippen LogP contribution in [0.1, 0.15) is 38.7 Å². The van der Waals surface area contributed by atoms with Gasteiger partial charge in [0.1, 0.15) is 0 Å². The number of benzene rings is 1. The highest BCUT2D eigenvalue weighted by atomic mass is 32.1. The van der Waals surface area contributed by atoms with Crippen LogP contribution in [-0.4, -0.2) is 29.3 Å². The highest BCUT2D eigenvalue weighted by Crippen LogP contribution is 2.46. The van der Waals surface area contributed by atoms with Crippen LogP contribution in [0.2, 0.25) is 0 Å². The van der Waals surface area contributed by atoms with Crippen molar-refractivity contribution in [3.63, 3.8) is 0 Å². The molecule has 2 rings (SSSR count). The van der Waals surface area contributed by atoms with Crippen molar-refractivity contribution in [2.45, 2.75) is 44.6 Å². The summed E-state index contributed by atoms with van der Waals surface area (Å²) in [6.45, 7) is 4.01. The van der Waals surface area contributed by atoms with E-state index in [1.807, 2.05) is 13.8 Å². The van der Waals surface area contributed by atoms with Crippen LogP contribution in [0.4, 0.5) is 8.78 Å². The summed E-state index contributed by atoms with van der Waals surface area (Å²) in [5, 5.41) is 9.87. The number of hydrogen-bond donors (Lipinski definition) is 1. The summed E-state index contributed by atoms with van der Waals surface area (Å²) in [6.07, 6.45) is 1.64. The second-order valence-corrected chi connectivity index (χ2v) is 6.45. The predicted molar refractivity (Wildman–Crippen MR) is 86.1 cm³/mol. The summed E-state index contributed by atoms with van der Waals surface area (Å²) in [5.74, 6) is -2.03. The molecule has 1 heterocycles. The van der Waals surface area contributed by atoms with Gasteiger partial charge in [-0.25, -0.2) is 8.78 Å². The number of aliphatic hydroxyl groups excluding tert-OH is 1. The molecule has 122 valence electrons. The quantitative estimate of drug-likeness (QED) is 0.806. The molecule has 0 aliphatic carbocycles. The van der Waals surface area contributed by atoms with Crippen molar-refractivity contribution in [1.82, 2.24) is 0 Å². The fourth-order valence-electron chi connectivity index (χ4n) is 3.45. The van der Waals surface area contributed by atoms with Gasteiger partial charge in [0, 0.05) is 23.5 Å². The van der Waals surface area contributed by atoms with Crippen molar-refractivity contribution in [3.8, 4) is 0 Å². The molecule has 1 aliphatic heterocycles. The van der Waals surface area contributed by atoms with Gasteiger partial charge in [-0.15, -0.1) is 0 Å². The first-order valence-electron chi connectivity index (χ1n) is 7.68. The lowest BCUT2D eigenvalue weighted by Crippen LogP contribution is -2.41. The molecular weight excluding hydrogens is 306 g/mol. The van der Waals surface area contributed by atoms with Crippen LogP contribution in [0, 0.1) is 17.6 Å². The lowest BCUT2D eigenvalue weighted by atomic mass is 9.67. The molecule has 0 saturated carbocycles. The minimum absolute atomic E-state index is 0.138. The van der Waals surface area contributed by atoms with Crippen LogP contribution in [0.3, 0.4) is 0 Å². The molecule has 1 N–H and O–H groups in total. The molecule has 1 aliphatic rings. The van der Waals surface area contributed by atoms with Gasteiger partial charge >= 0.3 is 0 Å². The zero-order valence-electron chi connectivity index (χ0n) is 12.9. The Labute approximate surface area is 135 Å². The average molecular weight is 328 g/mol. The van der Waals surface area contributed by atoms with Crippen molar-refractivity contribution >= 4 is 17.1 Å². The summed E-state index contributed by atoms with van der Waals surface area (Å²) in [6, 6.07) is 4.19. The van der Waals surface area contributed by atoms with E-state index in [9.17, 15) is 13.9 Å². The first kappa shape index (κ1) is 17.4. The number of ether oxygens (including phenoxy) is 1. The number of rotatable bonds is 6. The van der Waals surface area contributed by atoms with E-state index in [4.69, 9.17) is 17.0 Å². The third kappa shape index (κ3) is 2.94. The average Bonchev–Trinajstić information content (AvgIpc) is 2.88. The number of aliphatic hydroxyl groups is 1. The summed E-state index contributed by atoms with van der Waals surface area (Å²) < 4.78 is 34.0. The first-order valence-corrected chi connectivity index (χ1v) is 8.09. The fourth-order valence-corrected chi connectivity index (χ4v) is 3.71. The van der Waals surface area contributed by atoms with Crippen molar-refractivity contribution in [1.29, 1.82) is 0 Å². The molecule has 1 aromatic carbocycles. The molecule has 0 aromatic heterocycles. The van der Waals surface area contributed by atoms with Crippen LogP contribution in [0.15, 0.2) is 18.2 Å². The maximum absolute atomic E-state index is 14.4. The number of thiocarbonyl (C=S) groups is 1. The first-order chi connectivity index (χ1) is 10.5. The molecule has 3 atom stereocenters. The van der Waals surface area contributed by atoms with Crippen molar-refractivity contribution < 1.29 is 18.6 Å². The second kappa shape index (κ2) is 7.11. The van der Waals surface area contributed by atoms with Gasteiger partial charge in [0.2, 0.25) is 0 Å². The van der Waals surface area contributed by atoms with Crippen LogP contribution < -0.4 is 0 Å². The predicted octanol–water partition coefficient (Wildman–Crippen LogP) is 3.79. The Hall–Kier alpha value is -0.910. The Morgan fingerprint density at radius 3 is 2.73 bits per heavy atom. The van der Waals surface area contributed by atoms with Gasteiger partial charge in [-0.2, -0.15) is 0 Å². The van der Waals surface area contributed by atoms with Gasteiger partial charge in [0.25, 0.3) is 0 Å². The smallest absolute Gasteiger partial charge is 0.162 e. The van der Waals surface area contributed by atoms with E-state index in [-0.39, 0.29) is 30.8 Å². The van der Waals surface area contributed by atoms with Crippen molar-refractivity contribution in [2.75, 3.05) is 13.2 Å². The Kier molecular flexibility index (Phi) is 5.64.